The first-order chi connectivity index (χ1) is 13.7. The van der Waals surface area contributed by atoms with Gasteiger partial charge >= 0.3 is 0 Å². The molecule has 1 aromatic heterocycles. The van der Waals surface area contributed by atoms with E-state index in [0.717, 1.165) is 22.0 Å². The van der Waals surface area contributed by atoms with Gasteiger partial charge in [-0.1, -0.05) is 12.1 Å². The van der Waals surface area contributed by atoms with Gasteiger partial charge in [0.1, 0.15) is 10.8 Å². The molecule has 0 radical (unpaired) electrons. The molecule has 1 amide bonds. The lowest BCUT2D eigenvalue weighted by molar-refractivity contribution is -0.120. The van der Waals surface area contributed by atoms with E-state index in [1.54, 1.807) is 25.3 Å². The Bertz CT molecular complexity index is 912. The van der Waals surface area contributed by atoms with E-state index in [-0.39, 0.29) is 23.9 Å². The molecular weight excluding hydrogens is 379 g/mol. The number of carbonyl (C=O) groups is 1. The highest BCUT2D eigenvalue weighted by Gasteiger charge is 2.09. The average molecular weight is 400 g/mol. The number of halogens is 1. The number of hydrogen-bond acceptors (Lipinski definition) is 5. The SMILES string of the molecule is COc1ccc(-c2nc(CC(=O)NCCCOc3ccccc3F)cs2)cc1. The maximum atomic E-state index is 13.4. The molecule has 2 aromatic carbocycles. The van der Waals surface area contributed by atoms with E-state index < -0.39 is 0 Å². The van der Waals surface area contributed by atoms with E-state index in [1.165, 1.54) is 17.4 Å². The van der Waals surface area contributed by atoms with Gasteiger partial charge in [0.2, 0.25) is 5.91 Å². The van der Waals surface area contributed by atoms with Crippen molar-refractivity contribution in [3.63, 3.8) is 0 Å². The second-order valence-electron chi connectivity index (χ2n) is 6.03. The number of hydrogen-bond donors (Lipinski definition) is 1. The predicted molar refractivity (Wildman–Crippen MR) is 107 cm³/mol. The highest BCUT2D eigenvalue weighted by molar-refractivity contribution is 7.13. The zero-order valence-corrected chi connectivity index (χ0v) is 16.3. The van der Waals surface area contributed by atoms with Crippen LogP contribution < -0.4 is 14.8 Å². The van der Waals surface area contributed by atoms with E-state index >= 15 is 0 Å². The van der Waals surface area contributed by atoms with Gasteiger partial charge in [-0.05, 0) is 42.8 Å². The van der Waals surface area contributed by atoms with Crippen LogP contribution in [0.2, 0.25) is 0 Å². The minimum atomic E-state index is -0.386. The molecule has 0 fully saturated rings. The molecule has 0 atom stereocenters. The molecule has 0 aliphatic rings. The van der Waals surface area contributed by atoms with E-state index in [4.69, 9.17) is 9.47 Å². The standard InChI is InChI=1S/C21H21FN2O3S/c1-26-17-9-7-15(8-10-17)21-24-16(14-28-21)13-20(25)23-11-4-12-27-19-6-3-2-5-18(19)22/h2-3,5-10,14H,4,11-13H2,1H3,(H,23,25). The monoisotopic (exact) mass is 400 g/mol. The Kier molecular flexibility index (Phi) is 6.97. The van der Waals surface area contributed by atoms with Crippen LogP contribution in [-0.4, -0.2) is 31.2 Å². The Morgan fingerprint density at radius 2 is 1.96 bits per heavy atom. The van der Waals surface area contributed by atoms with Crippen molar-refractivity contribution < 1.29 is 18.7 Å². The Morgan fingerprint density at radius 3 is 2.71 bits per heavy atom. The van der Waals surface area contributed by atoms with Crippen molar-refractivity contribution >= 4 is 17.2 Å². The number of aromatic nitrogens is 1. The Hall–Kier alpha value is -2.93. The summed E-state index contributed by atoms with van der Waals surface area (Å²) >= 11 is 1.50. The van der Waals surface area contributed by atoms with Gasteiger partial charge in [0.15, 0.2) is 11.6 Å². The van der Waals surface area contributed by atoms with Crippen molar-refractivity contribution in [2.45, 2.75) is 12.8 Å². The zero-order chi connectivity index (χ0) is 19.8. The third kappa shape index (κ3) is 5.53. The molecule has 0 saturated heterocycles. The number of carbonyl (C=O) groups excluding carboxylic acids is 1. The van der Waals surface area contributed by atoms with Gasteiger partial charge in [0.25, 0.3) is 0 Å². The summed E-state index contributed by atoms with van der Waals surface area (Å²) in [6, 6.07) is 13.9. The minimum absolute atomic E-state index is 0.0996. The zero-order valence-electron chi connectivity index (χ0n) is 15.5. The summed E-state index contributed by atoms with van der Waals surface area (Å²) in [6.45, 7) is 0.794. The molecule has 146 valence electrons. The topological polar surface area (TPSA) is 60.5 Å². The van der Waals surface area contributed by atoms with Crippen LogP contribution in [0.1, 0.15) is 12.1 Å². The minimum Gasteiger partial charge on any atom is -0.497 e. The lowest BCUT2D eigenvalue weighted by Crippen LogP contribution is -2.27. The lowest BCUT2D eigenvalue weighted by Gasteiger charge is -2.07. The summed E-state index contributed by atoms with van der Waals surface area (Å²) in [5.41, 5.74) is 1.72. The second-order valence-corrected chi connectivity index (χ2v) is 6.89. The number of benzene rings is 2. The van der Waals surface area contributed by atoms with Gasteiger partial charge in [-0.25, -0.2) is 9.37 Å². The van der Waals surface area contributed by atoms with Crippen molar-refractivity contribution in [1.82, 2.24) is 10.3 Å². The molecule has 5 nitrogen and oxygen atoms in total. The fraction of sp³-hybridized carbons (Fsp3) is 0.238. The molecule has 0 unspecified atom stereocenters. The molecule has 1 heterocycles. The van der Waals surface area contributed by atoms with Gasteiger partial charge in [0.05, 0.1) is 25.8 Å². The van der Waals surface area contributed by atoms with Crippen LogP contribution >= 0.6 is 11.3 Å². The Labute approximate surface area is 167 Å². The highest BCUT2D eigenvalue weighted by Crippen LogP contribution is 2.25. The first kappa shape index (κ1) is 19.8. The van der Waals surface area contributed by atoms with Gasteiger partial charge in [-0.15, -0.1) is 11.3 Å². The average Bonchev–Trinajstić information content (AvgIpc) is 3.17. The van der Waals surface area contributed by atoms with E-state index in [9.17, 15) is 9.18 Å². The molecule has 0 bridgehead atoms. The third-order valence-corrected chi connectivity index (χ3v) is 4.91. The second kappa shape index (κ2) is 9.85. The lowest BCUT2D eigenvalue weighted by atomic mass is 10.2. The molecule has 7 heteroatoms. The Morgan fingerprint density at radius 1 is 1.18 bits per heavy atom. The number of amides is 1. The van der Waals surface area contributed by atoms with Crippen molar-refractivity contribution in [2.24, 2.45) is 0 Å². The third-order valence-electron chi connectivity index (χ3n) is 3.97. The molecule has 0 aliphatic carbocycles. The summed E-state index contributed by atoms with van der Waals surface area (Å²) in [7, 11) is 1.63. The molecule has 0 aliphatic heterocycles. The molecule has 28 heavy (non-hydrogen) atoms. The van der Waals surface area contributed by atoms with Crippen LogP contribution in [0.5, 0.6) is 11.5 Å². The number of para-hydroxylation sites is 1. The highest BCUT2D eigenvalue weighted by atomic mass is 32.1. The quantitative estimate of drug-likeness (QED) is 0.550. The first-order valence-corrected chi connectivity index (χ1v) is 9.76. The number of rotatable bonds is 9. The van der Waals surface area contributed by atoms with Crippen LogP contribution in [0, 0.1) is 5.82 Å². The summed E-state index contributed by atoms with van der Waals surface area (Å²) in [5.74, 6) is 0.529. The summed E-state index contributed by atoms with van der Waals surface area (Å²) in [6.07, 6.45) is 0.815. The van der Waals surface area contributed by atoms with Gasteiger partial charge in [0, 0.05) is 17.5 Å². The summed E-state index contributed by atoms with van der Waals surface area (Å²) < 4.78 is 23.9. The van der Waals surface area contributed by atoms with E-state index in [1.807, 2.05) is 29.6 Å². The van der Waals surface area contributed by atoms with E-state index in [0.29, 0.717) is 19.6 Å². The largest absolute Gasteiger partial charge is 0.497 e. The van der Waals surface area contributed by atoms with Crippen molar-refractivity contribution in [1.29, 1.82) is 0 Å². The van der Waals surface area contributed by atoms with E-state index in [2.05, 4.69) is 10.3 Å². The Balaban J connectivity index is 1.40. The molecule has 1 N–H and O–H groups in total. The van der Waals surface area contributed by atoms with Crippen LogP contribution in [-0.2, 0) is 11.2 Å². The number of methoxy groups -OCH3 is 1. The molecular formula is C21H21FN2O3S. The summed E-state index contributed by atoms with van der Waals surface area (Å²) in [4.78, 5) is 16.6. The number of thiazole rings is 1. The molecule has 3 rings (SSSR count). The van der Waals surface area contributed by atoms with Crippen molar-refractivity contribution in [2.75, 3.05) is 20.3 Å². The fourth-order valence-electron chi connectivity index (χ4n) is 2.53. The van der Waals surface area contributed by atoms with Gasteiger partial charge in [-0.3, -0.25) is 4.79 Å². The number of nitrogens with zero attached hydrogens (tertiary/aromatic N) is 1. The fourth-order valence-corrected chi connectivity index (χ4v) is 3.35. The predicted octanol–water partition coefficient (Wildman–Crippen LogP) is 4.09. The molecule has 0 saturated carbocycles. The van der Waals surface area contributed by atoms with Crippen molar-refractivity contribution in [3.8, 4) is 22.1 Å². The number of ether oxygens (including phenoxy) is 2. The normalized spacial score (nSPS) is 10.5. The maximum absolute atomic E-state index is 13.4. The van der Waals surface area contributed by atoms with Crippen LogP contribution in [0.4, 0.5) is 4.39 Å². The smallest absolute Gasteiger partial charge is 0.226 e. The van der Waals surface area contributed by atoms with Gasteiger partial charge in [-0.2, -0.15) is 0 Å². The van der Waals surface area contributed by atoms with Crippen molar-refractivity contribution in [3.05, 3.63) is 65.4 Å². The van der Waals surface area contributed by atoms with Gasteiger partial charge < -0.3 is 14.8 Å². The summed E-state index contributed by atoms with van der Waals surface area (Å²) in [5, 5.41) is 5.59. The van der Waals surface area contributed by atoms with Crippen LogP contribution in [0.25, 0.3) is 10.6 Å². The number of nitrogens with one attached hydrogen (secondary N) is 1. The maximum Gasteiger partial charge on any atom is 0.226 e. The molecule has 0 spiro atoms. The van der Waals surface area contributed by atoms with Crippen LogP contribution in [0.3, 0.4) is 0 Å². The first-order valence-electron chi connectivity index (χ1n) is 8.88. The van der Waals surface area contributed by atoms with Crippen LogP contribution in [0.15, 0.2) is 53.9 Å². The molecule has 3 aromatic rings.